The number of carboxylic acid groups (broad SMARTS) is 1. The van der Waals surface area contributed by atoms with E-state index < -0.39 is 28.0 Å². The number of esters is 1. The third-order valence-electron chi connectivity index (χ3n) is 2.30. The van der Waals surface area contributed by atoms with Gasteiger partial charge in [0, 0.05) is 0 Å². The second-order valence-corrected chi connectivity index (χ2v) is 5.41. The number of hydrogen-bond donors (Lipinski definition) is 2. The average molecular weight is 287 g/mol. The van der Waals surface area contributed by atoms with Crippen molar-refractivity contribution in [1.82, 2.24) is 4.72 Å². The van der Waals surface area contributed by atoms with Crippen LogP contribution in [0.1, 0.15) is 17.3 Å². The molecule has 2 N–H and O–H groups in total. The molecule has 0 spiro atoms. The highest BCUT2D eigenvalue weighted by Gasteiger charge is 2.22. The van der Waals surface area contributed by atoms with Crippen molar-refractivity contribution >= 4 is 22.0 Å². The standard InChI is InChI=1S/C11H13NO6S/c1-7(11(15)18-2)12-19(16,17)9-5-3-8(4-6-9)10(13)14/h3-7,12H,1-2H3,(H,13,14). The fourth-order valence-corrected chi connectivity index (χ4v) is 2.49. The second-order valence-electron chi connectivity index (χ2n) is 3.70. The minimum Gasteiger partial charge on any atom is -0.478 e. The van der Waals surface area contributed by atoms with Crippen molar-refractivity contribution in [2.75, 3.05) is 7.11 Å². The molecule has 0 heterocycles. The van der Waals surface area contributed by atoms with E-state index in [9.17, 15) is 18.0 Å². The van der Waals surface area contributed by atoms with Gasteiger partial charge in [0.05, 0.1) is 17.6 Å². The molecule has 0 aliphatic rings. The van der Waals surface area contributed by atoms with Gasteiger partial charge in [-0.2, -0.15) is 4.72 Å². The summed E-state index contributed by atoms with van der Waals surface area (Å²) in [5.74, 6) is -1.87. The van der Waals surface area contributed by atoms with Crippen LogP contribution in [0, 0.1) is 0 Å². The van der Waals surface area contributed by atoms with Crippen LogP contribution in [0.4, 0.5) is 0 Å². The summed E-state index contributed by atoms with van der Waals surface area (Å²) < 4.78 is 30.3. The first-order chi connectivity index (χ1) is 8.77. The molecule has 1 atom stereocenters. The number of nitrogens with one attached hydrogen (secondary N) is 1. The molecule has 0 aromatic heterocycles. The van der Waals surface area contributed by atoms with Crippen molar-refractivity contribution in [1.29, 1.82) is 0 Å². The molecular weight excluding hydrogens is 274 g/mol. The van der Waals surface area contributed by atoms with E-state index in [0.717, 1.165) is 19.2 Å². The largest absolute Gasteiger partial charge is 0.478 e. The minimum atomic E-state index is -3.90. The highest BCUT2D eigenvalue weighted by Crippen LogP contribution is 2.11. The number of benzene rings is 1. The van der Waals surface area contributed by atoms with Gasteiger partial charge in [0.25, 0.3) is 0 Å². The Bertz CT molecular complexity index is 578. The Morgan fingerprint density at radius 1 is 1.26 bits per heavy atom. The molecule has 8 heteroatoms. The molecule has 0 aliphatic carbocycles. The summed E-state index contributed by atoms with van der Waals surface area (Å²) in [7, 11) is -2.75. The summed E-state index contributed by atoms with van der Waals surface area (Å²) in [6.45, 7) is 1.34. The number of carbonyl (C=O) groups excluding carboxylic acids is 1. The molecule has 0 fully saturated rings. The maximum absolute atomic E-state index is 11.9. The van der Waals surface area contributed by atoms with Crippen molar-refractivity contribution in [3.8, 4) is 0 Å². The van der Waals surface area contributed by atoms with Gasteiger partial charge in [-0.3, -0.25) is 4.79 Å². The molecule has 0 saturated carbocycles. The van der Waals surface area contributed by atoms with Gasteiger partial charge < -0.3 is 9.84 Å². The molecule has 1 rings (SSSR count). The highest BCUT2D eigenvalue weighted by atomic mass is 32.2. The SMILES string of the molecule is COC(=O)C(C)NS(=O)(=O)c1ccc(C(=O)O)cc1. The van der Waals surface area contributed by atoms with Crippen LogP contribution in [0.25, 0.3) is 0 Å². The molecule has 0 saturated heterocycles. The van der Waals surface area contributed by atoms with Crippen molar-refractivity contribution in [3.63, 3.8) is 0 Å². The lowest BCUT2D eigenvalue weighted by Crippen LogP contribution is -2.39. The van der Waals surface area contributed by atoms with E-state index in [1.165, 1.54) is 19.1 Å². The van der Waals surface area contributed by atoms with Crippen LogP contribution in [-0.2, 0) is 19.6 Å². The summed E-state index contributed by atoms with van der Waals surface area (Å²) in [6.07, 6.45) is 0. The predicted octanol–water partition coefficient (Wildman–Crippen LogP) is 0.225. The number of carbonyl (C=O) groups is 2. The quantitative estimate of drug-likeness (QED) is 0.750. The maximum atomic E-state index is 11.9. The lowest BCUT2D eigenvalue weighted by molar-refractivity contribution is -0.142. The van der Waals surface area contributed by atoms with Gasteiger partial charge >= 0.3 is 11.9 Å². The van der Waals surface area contributed by atoms with Crippen LogP contribution in [0.15, 0.2) is 29.2 Å². The Balaban J connectivity index is 2.94. The van der Waals surface area contributed by atoms with Crippen molar-refractivity contribution in [2.45, 2.75) is 17.9 Å². The number of methoxy groups -OCH3 is 1. The third-order valence-corrected chi connectivity index (χ3v) is 3.85. The van der Waals surface area contributed by atoms with Crippen LogP contribution in [0.5, 0.6) is 0 Å². The Kier molecular flexibility index (Phi) is 4.62. The summed E-state index contributed by atoms with van der Waals surface area (Å²) in [5, 5.41) is 8.70. The van der Waals surface area contributed by atoms with Crippen molar-refractivity contribution in [3.05, 3.63) is 29.8 Å². The van der Waals surface area contributed by atoms with Crippen LogP contribution >= 0.6 is 0 Å². The van der Waals surface area contributed by atoms with Gasteiger partial charge in [-0.15, -0.1) is 0 Å². The van der Waals surface area contributed by atoms with E-state index >= 15 is 0 Å². The molecule has 0 radical (unpaired) electrons. The minimum absolute atomic E-state index is 0.0278. The van der Waals surface area contributed by atoms with E-state index in [1.807, 2.05) is 0 Å². The Morgan fingerprint density at radius 2 is 1.79 bits per heavy atom. The van der Waals surface area contributed by atoms with Gasteiger partial charge in [-0.25, -0.2) is 13.2 Å². The molecule has 1 aromatic rings. The molecule has 1 aromatic carbocycles. The van der Waals surface area contributed by atoms with Crippen molar-refractivity contribution in [2.24, 2.45) is 0 Å². The van der Waals surface area contributed by atoms with E-state index in [4.69, 9.17) is 5.11 Å². The molecule has 104 valence electrons. The number of aromatic carboxylic acids is 1. The van der Waals surface area contributed by atoms with Gasteiger partial charge in [-0.1, -0.05) is 0 Å². The first kappa shape index (κ1) is 15.1. The zero-order valence-corrected chi connectivity index (χ0v) is 11.1. The van der Waals surface area contributed by atoms with Crippen LogP contribution < -0.4 is 4.72 Å². The second kappa shape index (κ2) is 5.81. The fraction of sp³-hybridized carbons (Fsp3) is 0.273. The monoisotopic (exact) mass is 287 g/mol. The summed E-state index contributed by atoms with van der Waals surface area (Å²) in [6, 6.07) is 3.60. The summed E-state index contributed by atoms with van der Waals surface area (Å²) in [4.78, 5) is 21.6. The van der Waals surface area contributed by atoms with Crippen LogP contribution in [0.2, 0.25) is 0 Å². The Labute approximate surface area is 110 Å². The molecule has 1 unspecified atom stereocenters. The van der Waals surface area contributed by atoms with Gasteiger partial charge in [0.1, 0.15) is 6.04 Å². The summed E-state index contributed by atoms with van der Waals surface area (Å²) in [5.41, 5.74) is -0.0278. The number of sulfonamides is 1. The lowest BCUT2D eigenvalue weighted by Gasteiger charge is -2.12. The van der Waals surface area contributed by atoms with Crippen molar-refractivity contribution < 1.29 is 27.9 Å². The Hall–Kier alpha value is -1.93. The number of hydrogen-bond acceptors (Lipinski definition) is 5. The molecule has 0 amide bonds. The smallest absolute Gasteiger partial charge is 0.335 e. The normalized spacial score (nSPS) is 12.7. The van der Waals surface area contributed by atoms with E-state index in [0.29, 0.717) is 0 Å². The highest BCUT2D eigenvalue weighted by molar-refractivity contribution is 7.89. The van der Waals surface area contributed by atoms with Crippen LogP contribution in [-0.4, -0.2) is 38.6 Å². The average Bonchev–Trinajstić information content (AvgIpc) is 2.37. The van der Waals surface area contributed by atoms with Crippen LogP contribution in [0.3, 0.4) is 0 Å². The van der Waals surface area contributed by atoms with Gasteiger partial charge in [-0.05, 0) is 31.2 Å². The third kappa shape index (κ3) is 3.76. The fourth-order valence-electron chi connectivity index (χ4n) is 1.30. The maximum Gasteiger partial charge on any atom is 0.335 e. The zero-order chi connectivity index (χ0) is 14.6. The number of ether oxygens (including phenoxy) is 1. The molecule has 0 bridgehead atoms. The van der Waals surface area contributed by atoms with E-state index in [2.05, 4.69) is 9.46 Å². The molecular formula is C11H13NO6S. The number of rotatable bonds is 5. The van der Waals surface area contributed by atoms with E-state index in [1.54, 1.807) is 0 Å². The van der Waals surface area contributed by atoms with Gasteiger partial charge in [0.2, 0.25) is 10.0 Å². The zero-order valence-electron chi connectivity index (χ0n) is 10.3. The first-order valence-electron chi connectivity index (χ1n) is 5.21. The van der Waals surface area contributed by atoms with E-state index in [-0.39, 0.29) is 10.5 Å². The first-order valence-corrected chi connectivity index (χ1v) is 6.70. The molecule has 19 heavy (non-hydrogen) atoms. The Morgan fingerprint density at radius 3 is 2.21 bits per heavy atom. The molecule has 7 nitrogen and oxygen atoms in total. The topological polar surface area (TPSA) is 110 Å². The predicted molar refractivity (Wildman–Crippen MR) is 65.2 cm³/mol. The summed E-state index contributed by atoms with van der Waals surface area (Å²) >= 11 is 0. The lowest BCUT2D eigenvalue weighted by atomic mass is 10.2. The number of carboxylic acids is 1. The van der Waals surface area contributed by atoms with Gasteiger partial charge in [0.15, 0.2) is 0 Å². The molecule has 0 aliphatic heterocycles.